The van der Waals surface area contributed by atoms with Gasteiger partial charge in [-0.15, -0.1) is 0 Å². The van der Waals surface area contributed by atoms with E-state index in [1.165, 1.54) is 5.56 Å². The predicted octanol–water partition coefficient (Wildman–Crippen LogP) is 4.64. The van der Waals surface area contributed by atoms with Gasteiger partial charge in [0, 0.05) is 23.8 Å². The van der Waals surface area contributed by atoms with Crippen LogP contribution in [0.1, 0.15) is 52.4 Å². The van der Waals surface area contributed by atoms with Crippen LogP contribution in [0.5, 0.6) is 5.75 Å². The number of hydrogen-bond donors (Lipinski definition) is 1. The number of anilines is 1. The van der Waals surface area contributed by atoms with Crippen molar-refractivity contribution in [3.05, 3.63) is 88.5 Å². The number of carbonyl (C=O) groups excluding carboxylic acids is 1. The van der Waals surface area contributed by atoms with Crippen LogP contribution >= 0.6 is 0 Å². The van der Waals surface area contributed by atoms with Gasteiger partial charge in [0.2, 0.25) is 10.0 Å². The maximum atomic E-state index is 13.3. The number of nitrogens with zero attached hydrogens (tertiary/aromatic N) is 1. The van der Waals surface area contributed by atoms with Crippen molar-refractivity contribution in [2.45, 2.75) is 56.5 Å². The van der Waals surface area contributed by atoms with Gasteiger partial charge >= 0.3 is 0 Å². The van der Waals surface area contributed by atoms with Gasteiger partial charge in [-0.1, -0.05) is 18.2 Å². The topological polar surface area (TPSA) is 75.7 Å². The van der Waals surface area contributed by atoms with Gasteiger partial charge in [0.25, 0.3) is 5.91 Å². The van der Waals surface area contributed by atoms with E-state index in [9.17, 15) is 13.2 Å². The van der Waals surface area contributed by atoms with E-state index in [2.05, 4.69) is 4.72 Å². The molecule has 0 spiro atoms. The Labute approximate surface area is 207 Å². The lowest BCUT2D eigenvalue weighted by atomic mass is 9.92. The van der Waals surface area contributed by atoms with Crippen molar-refractivity contribution < 1.29 is 17.9 Å². The minimum Gasteiger partial charge on any atom is -0.497 e. The van der Waals surface area contributed by atoms with Gasteiger partial charge in [-0.3, -0.25) is 4.79 Å². The first kappa shape index (κ1) is 23.6. The van der Waals surface area contributed by atoms with E-state index in [0.717, 1.165) is 54.5 Å². The number of carbonyl (C=O) groups is 1. The number of methoxy groups -OCH3 is 1. The summed E-state index contributed by atoms with van der Waals surface area (Å²) in [6.07, 6.45) is 4.97. The average Bonchev–Trinajstić information content (AvgIpc) is 3.21. The van der Waals surface area contributed by atoms with Crippen molar-refractivity contribution in [1.29, 1.82) is 0 Å². The number of amides is 1. The van der Waals surface area contributed by atoms with Crippen LogP contribution in [0, 0.1) is 0 Å². The molecule has 1 amide bonds. The number of aryl methyl sites for hydroxylation is 2. The molecule has 0 fully saturated rings. The maximum absolute atomic E-state index is 13.3. The van der Waals surface area contributed by atoms with Crippen LogP contribution in [0.2, 0.25) is 0 Å². The molecule has 0 unspecified atom stereocenters. The molecule has 2 aliphatic rings. The zero-order valence-corrected chi connectivity index (χ0v) is 20.9. The van der Waals surface area contributed by atoms with E-state index < -0.39 is 10.0 Å². The SMILES string of the molecule is COc1ccc(C(=O)N2c3cc(CNS(=O)(=O)c4ccc5c(c4)CCCC5)ccc3C[C@H]2C)cc1. The third-order valence-corrected chi connectivity index (χ3v) is 8.42. The van der Waals surface area contributed by atoms with Gasteiger partial charge in [0.1, 0.15) is 5.75 Å². The van der Waals surface area contributed by atoms with E-state index in [-0.39, 0.29) is 18.5 Å². The summed E-state index contributed by atoms with van der Waals surface area (Å²) >= 11 is 0. The molecular formula is C28H30N2O4S. The largest absolute Gasteiger partial charge is 0.497 e. The molecule has 3 aromatic carbocycles. The molecule has 0 aromatic heterocycles. The maximum Gasteiger partial charge on any atom is 0.258 e. The summed E-state index contributed by atoms with van der Waals surface area (Å²) < 4.78 is 33.9. The first-order chi connectivity index (χ1) is 16.9. The Balaban J connectivity index is 1.34. The van der Waals surface area contributed by atoms with Gasteiger partial charge in [-0.2, -0.15) is 0 Å². The molecule has 3 aromatic rings. The average molecular weight is 491 g/mol. The van der Waals surface area contributed by atoms with Gasteiger partial charge in [-0.25, -0.2) is 13.1 Å². The lowest BCUT2D eigenvalue weighted by molar-refractivity contribution is 0.0981. The number of benzene rings is 3. The fraction of sp³-hybridized carbons (Fsp3) is 0.321. The van der Waals surface area contributed by atoms with E-state index in [0.29, 0.717) is 16.2 Å². The predicted molar refractivity (Wildman–Crippen MR) is 137 cm³/mol. The molecule has 0 saturated heterocycles. The van der Waals surface area contributed by atoms with Crippen LogP contribution in [0.4, 0.5) is 5.69 Å². The van der Waals surface area contributed by atoms with Gasteiger partial charge in [-0.05, 0) is 104 Å². The van der Waals surface area contributed by atoms with E-state index in [4.69, 9.17) is 4.74 Å². The molecule has 0 bridgehead atoms. The molecule has 5 rings (SSSR count). The Hall–Kier alpha value is -3.16. The molecule has 1 atom stereocenters. The quantitative estimate of drug-likeness (QED) is 0.546. The normalized spacial score (nSPS) is 17.1. The fourth-order valence-corrected chi connectivity index (χ4v) is 6.15. The van der Waals surface area contributed by atoms with Crippen LogP contribution in [-0.4, -0.2) is 27.5 Å². The summed E-state index contributed by atoms with van der Waals surface area (Å²) in [5.41, 5.74) is 5.71. The van der Waals surface area contributed by atoms with E-state index in [1.54, 1.807) is 42.3 Å². The summed E-state index contributed by atoms with van der Waals surface area (Å²) in [7, 11) is -2.04. The Morgan fingerprint density at radius 3 is 2.43 bits per heavy atom. The number of sulfonamides is 1. The highest BCUT2D eigenvalue weighted by Crippen LogP contribution is 2.34. The van der Waals surface area contributed by atoms with Crippen molar-refractivity contribution in [2.24, 2.45) is 0 Å². The molecule has 1 aliphatic heterocycles. The summed E-state index contributed by atoms with van der Waals surface area (Å²) in [5, 5.41) is 0. The van der Waals surface area contributed by atoms with Crippen molar-refractivity contribution in [2.75, 3.05) is 12.0 Å². The molecule has 35 heavy (non-hydrogen) atoms. The highest BCUT2D eigenvalue weighted by atomic mass is 32.2. The zero-order valence-electron chi connectivity index (χ0n) is 20.1. The summed E-state index contributed by atoms with van der Waals surface area (Å²) in [6.45, 7) is 2.19. The molecule has 0 radical (unpaired) electrons. The number of ether oxygens (including phenoxy) is 1. The number of fused-ring (bicyclic) bond motifs is 2. The molecule has 6 nitrogen and oxygen atoms in total. The van der Waals surface area contributed by atoms with Gasteiger partial charge in [0.15, 0.2) is 0 Å². The minimum atomic E-state index is -3.64. The lowest BCUT2D eigenvalue weighted by Crippen LogP contribution is -2.35. The summed E-state index contributed by atoms with van der Waals surface area (Å²) in [6, 6.07) is 18.4. The van der Waals surface area contributed by atoms with Crippen LogP contribution in [0.25, 0.3) is 0 Å². The second-order valence-corrected chi connectivity index (χ2v) is 11.1. The number of rotatable bonds is 6. The lowest BCUT2D eigenvalue weighted by Gasteiger charge is -2.23. The smallest absolute Gasteiger partial charge is 0.258 e. The number of hydrogen-bond acceptors (Lipinski definition) is 4. The van der Waals surface area contributed by atoms with Crippen molar-refractivity contribution in [3.8, 4) is 5.75 Å². The Kier molecular flexibility index (Phi) is 6.38. The molecule has 7 heteroatoms. The minimum absolute atomic E-state index is 0.0158. The first-order valence-corrected chi connectivity index (χ1v) is 13.5. The Morgan fingerprint density at radius 1 is 0.971 bits per heavy atom. The van der Waals surface area contributed by atoms with Crippen LogP contribution in [0.3, 0.4) is 0 Å². The highest BCUT2D eigenvalue weighted by Gasteiger charge is 2.32. The second kappa shape index (κ2) is 9.47. The Bertz CT molecular complexity index is 1370. The summed E-state index contributed by atoms with van der Waals surface area (Å²) in [5.74, 6) is 0.621. The highest BCUT2D eigenvalue weighted by molar-refractivity contribution is 7.89. The van der Waals surface area contributed by atoms with E-state index >= 15 is 0 Å². The Morgan fingerprint density at radius 2 is 1.69 bits per heavy atom. The molecule has 1 heterocycles. The van der Waals surface area contributed by atoms with Crippen LogP contribution in [0.15, 0.2) is 65.6 Å². The molecular weight excluding hydrogens is 460 g/mol. The third-order valence-electron chi connectivity index (χ3n) is 7.02. The van der Waals surface area contributed by atoms with Crippen molar-refractivity contribution in [3.63, 3.8) is 0 Å². The first-order valence-electron chi connectivity index (χ1n) is 12.1. The zero-order chi connectivity index (χ0) is 24.6. The molecule has 1 N–H and O–H groups in total. The fourth-order valence-electron chi connectivity index (χ4n) is 5.08. The number of nitrogens with one attached hydrogen (secondary N) is 1. The molecule has 182 valence electrons. The van der Waals surface area contributed by atoms with Gasteiger partial charge < -0.3 is 9.64 Å². The second-order valence-electron chi connectivity index (χ2n) is 9.38. The molecule has 1 aliphatic carbocycles. The molecule has 0 saturated carbocycles. The standard InChI is InChI=1S/C28H30N2O4S/c1-19-15-24-8-7-20(16-27(24)30(19)28(31)22-9-12-25(34-2)13-10-22)18-29-35(32,33)26-14-11-21-5-3-4-6-23(21)17-26/h7-14,16-17,19,29H,3-6,15,18H2,1-2H3/t19-/m1/s1. The van der Waals surface area contributed by atoms with Crippen molar-refractivity contribution in [1.82, 2.24) is 4.72 Å². The van der Waals surface area contributed by atoms with Crippen LogP contribution in [-0.2, 0) is 35.8 Å². The van der Waals surface area contributed by atoms with Crippen molar-refractivity contribution >= 4 is 21.6 Å². The third kappa shape index (κ3) is 4.70. The van der Waals surface area contributed by atoms with E-state index in [1.807, 2.05) is 37.3 Å². The summed E-state index contributed by atoms with van der Waals surface area (Å²) in [4.78, 5) is 15.4. The van der Waals surface area contributed by atoms with Crippen LogP contribution < -0.4 is 14.4 Å². The monoisotopic (exact) mass is 490 g/mol. The van der Waals surface area contributed by atoms with Gasteiger partial charge in [0.05, 0.1) is 12.0 Å².